The second-order valence-electron chi connectivity index (χ2n) is 5.90. The molecule has 0 aliphatic heterocycles. The smallest absolute Gasteiger partial charge is 0.282 e. The van der Waals surface area contributed by atoms with Crippen LogP contribution in [0.15, 0.2) is 58.4 Å². The van der Waals surface area contributed by atoms with Crippen LogP contribution < -0.4 is 17.0 Å². The van der Waals surface area contributed by atoms with E-state index in [0.717, 1.165) is 16.8 Å². The first-order chi connectivity index (χ1) is 11.9. The normalized spacial score (nSPS) is 9.85. The number of nitrogens with zero attached hydrogens (tertiary/aromatic N) is 2. The number of rotatable bonds is 2. The number of carbonyl (C=O) groups is 1. The summed E-state index contributed by atoms with van der Waals surface area (Å²) in [4.78, 5) is 29.0. The molecule has 0 saturated carbocycles. The number of amides is 1. The van der Waals surface area contributed by atoms with Gasteiger partial charge in [0.2, 0.25) is 0 Å². The maximum atomic E-state index is 13.0. The third kappa shape index (κ3) is 4.16. The first-order valence-electron chi connectivity index (χ1n) is 7.74. The van der Waals surface area contributed by atoms with Crippen LogP contribution in [0.1, 0.15) is 21.5 Å². The first-order valence-corrected chi connectivity index (χ1v) is 7.74. The van der Waals surface area contributed by atoms with Crippen molar-refractivity contribution in [2.75, 3.05) is 0 Å². The van der Waals surface area contributed by atoms with Gasteiger partial charge in [0, 0.05) is 17.0 Å². The van der Waals surface area contributed by atoms with Gasteiger partial charge in [-0.3, -0.25) is 14.2 Å². The molecule has 142 valence electrons. The van der Waals surface area contributed by atoms with Crippen LogP contribution in [0.3, 0.4) is 0 Å². The number of benzene rings is 2. The maximum Gasteiger partial charge on any atom is 0.282 e. The van der Waals surface area contributed by atoms with E-state index in [1.807, 2.05) is 32.0 Å². The molecule has 1 heterocycles. The average Bonchev–Trinajstić information content (AvgIpc) is 2.57. The molecule has 1 aromatic heterocycles. The Kier molecular flexibility index (Phi) is 6.87. The van der Waals surface area contributed by atoms with Gasteiger partial charge >= 0.3 is 0 Å². The lowest BCUT2D eigenvalue weighted by atomic mass is 10.1. The number of hydrogen-bond acceptors (Lipinski definition) is 2. The van der Waals surface area contributed by atoms with Crippen LogP contribution in [0.5, 0.6) is 0 Å². The number of pyridine rings is 1. The maximum absolute atomic E-state index is 13.0. The highest BCUT2D eigenvalue weighted by atomic mass is 35.5. The van der Waals surface area contributed by atoms with E-state index in [-0.39, 0.29) is 35.0 Å². The molecule has 0 aliphatic carbocycles. The Hall–Kier alpha value is -3.16. The second kappa shape index (κ2) is 8.48. The highest BCUT2D eigenvalue weighted by Crippen LogP contribution is 2.20. The molecule has 0 radical (unpaired) electrons. The Balaban J connectivity index is 0.00000182. The molecule has 6 N–H and O–H groups in total. The van der Waals surface area contributed by atoms with Crippen molar-refractivity contribution in [1.29, 1.82) is 0 Å². The lowest BCUT2D eigenvalue weighted by Gasteiger charge is -2.13. The Labute approximate surface area is 162 Å². The van der Waals surface area contributed by atoms with Crippen molar-refractivity contribution in [2.45, 2.75) is 13.8 Å². The first kappa shape index (κ1) is 21.9. The molecule has 27 heavy (non-hydrogen) atoms. The van der Waals surface area contributed by atoms with Crippen molar-refractivity contribution in [2.24, 2.45) is 16.5 Å². The fourth-order valence-corrected chi connectivity index (χ4v) is 2.80. The van der Waals surface area contributed by atoms with Gasteiger partial charge in [0.15, 0.2) is 5.96 Å². The van der Waals surface area contributed by atoms with E-state index >= 15 is 0 Å². The van der Waals surface area contributed by atoms with E-state index in [1.54, 1.807) is 24.3 Å². The standard InChI is InChI=1S/C19H18N4O2.ClH.H2O/c1-11-7-8-12(2)16(9-11)23-10-15(17(24)22-19(20)21)13-5-3-4-6-14(13)18(23)25;;/h3-10H,1-2H3,(H4,20,21,22,24);1H;1H2. The van der Waals surface area contributed by atoms with Gasteiger partial charge in [0.25, 0.3) is 11.5 Å². The molecule has 0 unspecified atom stereocenters. The summed E-state index contributed by atoms with van der Waals surface area (Å²) in [5, 5.41) is 0.948. The average molecular weight is 389 g/mol. The van der Waals surface area contributed by atoms with E-state index in [4.69, 9.17) is 11.5 Å². The fourth-order valence-electron chi connectivity index (χ4n) is 2.80. The molecule has 3 aromatic rings. The van der Waals surface area contributed by atoms with Crippen molar-refractivity contribution in [3.63, 3.8) is 0 Å². The topological polar surface area (TPSA) is 135 Å². The van der Waals surface area contributed by atoms with Crippen molar-refractivity contribution < 1.29 is 10.3 Å². The number of aromatic nitrogens is 1. The Morgan fingerprint density at radius 3 is 2.30 bits per heavy atom. The van der Waals surface area contributed by atoms with Crippen LogP contribution >= 0.6 is 12.4 Å². The number of fused-ring (bicyclic) bond motifs is 1. The van der Waals surface area contributed by atoms with Crippen LogP contribution in [0.4, 0.5) is 0 Å². The molecule has 0 atom stereocenters. The van der Waals surface area contributed by atoms with E-state index in [1.165, 1.54) is 10.8 Å². The highest BCUT2D eigenvalue weighted by molar-refractivity contribution is 6.10. The monoisotopic (exact) mass is 388 g/mol. The summed E-state index contributed by atoms with van der Waals surface area (Å²) >= 11 is 0. The van der Waals surface area contributed by atoms with Crippen LogP contribution in [0.2, 0.25) is 0 Å². The predicted molar refractivity (Wildman–Crippen MR) is 110 cm³/mol. The molecule has 1 amide bonds. The van der Waals surface area contributed by atoms with E-state index in [0.29, 0.717) is 10.8 Å². The molecule has 0 aliphatic rings. The van der Waals surface area contributed by atoms with E-state index in [9.17, 15) is 9.59 Å². The molecule has 0 bridgehead atoms. The number of halogens is 1. The lowest BCUT2D eigenvalue weighted by molar-refractivity contribution is 0.100. The van der Waals surface area contributed by atoms with Gasteiger partial charge in [-0.2, -0.15) is 4.99 Å². The van der Waals surface area contributed by atoms with Crippen molar-refractivity contribution in [3.8, 4) is 5.69 Å². The summed E-state index contributed by atoms with van der Waals surface area (Å²) < 4.78 is 1.47. The van der Waals surface area contributed by atoms with Crippen LogP contribution in [-0.4, -0.2) is 21.9 Å². The number of hydrogen-bond donors (Lipinski definition) is 2. The number of guanidine groups is 1. The second-order valence-corrected chi connectivity index (χ2v) is 5.90. The molecule has 3 rings (SSSR count). The molecule has 7 nitrogen and oxygen atoms in total. The van der Waals surface area contributed by atoms with E-state index in [2.05, 4.69) is 4.99 Å². The van der Waals surface area contributed by atoms with Crippen molar-refractivity contribution in [3.05, 3.63) is 75.7 Å². The van der Waals surface area contributed by atoms with Gasteiger partial charge in [-0.25, -0.2) is 0 Å². The highest BCUT2D eigenvalue weighted by Gasteiger charge is 2.16. The number of carbonyl (C=O) groups excluding carboxylic acids is 1. The zero-order valence-electron chi connectivity index (χ0n) is 14.9. The molecule has 0 fully saturated rings. The number of aryl methyl sites for hydroxylation is 2. The van der Waals surface area contributed by atoms with Crippen molar-refractivity contribution >= 4 is 35.0 Å². The number of aliphatic imine (C=N–C) groups is 1. The molecule has 8 heteroatoms. The summed E-state index contributed by atoms with van der Waals surface area (Å²) in [6.45, 7) is 3.86. The fraction of sp³-hybridized carbons (Fsp3) is 0.105. The molecule has 0 saturated heterocycles. The van der Waals surface area contributed by atoms with Gasteiger partial charge in [-0.15, -0.1) is 12.4 Å². The summed E-state index contributed by atoms with van der Waals surface area (Å²) in [5.41, 5.74) is 13.4. The van der Waals surface area contributed by atoms with Crippen molar-refractivity contribution in [1.82, 2.24) is 4.57 Å². The van der Waals surface area contributed by atoms with Gasteiger partial charge in [0.1, 0.15) is 0 Å². The zero-order valence-corrected chi connectivity index (χ0v) is 15.7. The molecular formula is C19H21ClN4O3. The van der Waals surface area contributed by atoms with Gasteiger partial charge < -0.3 is 16.9 Å². The third-order valence-corrected chi connectivity index (χ3v) is 4.01. The molecular weight excluding hydrogens is 368 g/mol. The summed E-state index contributed by atoms with van der Waals surface area (Å²) in [6.07, 6.45) is 1.50. The van der Waals surface area contributed by atoms with E-state index < -0.39 is 5.91 Å². The van der Waals surface area contributed by atoms with Gasteiger partial charge in [-0.1, -0.05) is 30.3 Å². The zero-order chi connectivity index (χ0) is 18.1. The summed E-state index contributed by atoms with van der Waals surface area (Å²) in [6, 6.07) is 12.7. The molecule has 2 aromatic carbocycles. The van der Waals surface area contributed by atoms with Crippen LogP contribution in [0.25, 0.3) is 16.5 Å². The quantitative estimate of drug-likeness (QED) is 0.509. The van der Waals surface area contributed by atoms with Crippen LogP contribution in [0, 0.1) is 13.8 Å². The Morgan fingerprint density at radius 2 is 1.67 bits per heavy atom. The number of nitrogens with two attached hydrogens (primary N) is 2. The summed E-state index contributed by atoms with van der Waals surface area (Å²) in [7, 11) is 0. The third-order valence-electron chi connectivity index (χ3n) is 4.01. The van der Waals surface area contributed by atoms with Gasteiger partial charge in [0.05, 0.1) is 11.3 Å². The molecule has 0 spiro atoms. The Bertz CT molecular complexity index is 1090. The lowest BCUT2D eigenvalue weighted by Crippen LogP contribution is -2.25. The van der Waals surface area contributed by atoms with Gasteiger partial charge in [-0.05, 0) is 37.1 Å². The van der Waals surface area contributed by atoms with Crippen LogP contribution in [-0.2, 0) is 0 Å². The minimum atomic E-state index is -0.588. The minimum absolute atomic E-state index is 0. The summed E-state index contributed by atoms with van der Waals surface area (Å²) in [5.74, 6) is -0.908. The SMILES string of the molecule is Cc1ccc(C)c(-n2cc(C(=O)N=C(N)N)c3ccccc3c2=O)c1.Cl.O. The minimum Gasteiger partial charge on any atom is -0.412 e. The Morgan fingerprint density at radius 1 is 1.04 bits per heavy atom. The predicted octanol–water partition coefficient (Wildman–Crippen LogP) is 1.62. The largest absolute Gasteiger partial charge is 0.412 e.